The van der Waals surface area contributed by atoms with Gasteiger partial charge in [0, 0.05) is 23.4 Å². The first kappa shape index (κ1) is 20.2. The van der Waals surface area contributed by atoms with Crippen LogP contribution in [0.25, 0.3) is 0 Å². The second-order valence-electron chi connectivity index (χ2n) is 6.05. The van der Waals surface area contributed by atoms with Crippen molar-refractivity contribution in [2.45, 2.75) is 11.4 Å². The van der Waals surface area contributed by atoms with Gasteiger partial charge in [-0.25, -0.2) is 0 Å². The van der Waals surface area contributed by atoms with Crippen molar-refractivity contribution >= 4 is 17.7 Å². The standard InChI is InChI=1S/C20H23NO6S/c1-24-13-4-3-5-15(10-13)26-8-9-27-18-11-14(25-2)6-7-16(18)19-21-17(12-28-19)20(22)23/h3-7,10-11,17,19,21H,8-9,12H2,1-2H3,(H,22,23). The van der Waals surface area contributed by atoms with Crippen LogP contribution in [-0.2, 0) is 4.79 Å². The minimum absolute atomic E-state index is 0.152. The summed E-state index contributed by atoms with van der Waals surface area (Å²) in [5, 5.41) is 12.2. The monoisotopic (exact) mass is 405 g/mol. The topological polar surface area (TPSA) is 86.3 Å². The molecule has 2 atom stereocenters. The van der Waals surface area contributed by atoms with Crippen molar-refractivity contribution in [2.75, 3.05) is 33.2 Å². The molecule has 1 heterocycles. The number of carbonyl (C=O) groups is 1. The third-order valence-corrected chi connectivity index (χ3v) is 5.48. The molecule has 0 bridgehead atoms. The fourth-order valence-corrected chi connectivity index (χ4v) is 4.04. The molecule has 2 N–H and O–H groups in total. The zero-order valence-corrected chi connectivity index (χ0v) is 16.5. The number of methoxy groups -OCH3 is 2. The van der Waals surface area contributed by atoms with E-state index in [-0.39, 0.29) is 5.37 Å². The van der Waals surface area contributed by atoms with Crippen LogP contribution in [0.2, 0.25) is 0 Å². The lowest BCUT2D eigenvalue weighted by Gasteiger charge is -2.18. The van der Waals surface area contributed by atoms with Gasteiger partial charge in [0.05, 0.1) is 19.6 Å². The average Bonchev–Trinajstić information content (AvgIpc) is 3.21. The molecule has 0 radical (unpaired) electrons. The number of aliphatic carboxylic acids is 1. The second kappa shape index (κ2) is 9.57. The van der Waals surface area contributed by atoms with Gasteiger partial charge in [-0.1, -0.05) is 6.07 Å². The van der Waals surface area contributed by atoms with Crippen LogP contribution in [0.3, 0.4) is 0 Å². The van der Waals surface area contributed by atoms with Crippen molar-refractivity contribution in [3.8, 4) is 23.0 Å². The number of hydrogen-bond donors (Lipinski definition) is 2. The van der Waals surface area contributed by atoms with Crippen molar-refractivity contribution in [1.29, 1.82) is 0 Å². The van der Waals surface area contributed by atoms with E-state index >= 15 is 0 Å². The van der Waals surface area contributed by atoms with E-state index in [0.717, 1.165) is 11.3 Å². The van der Waals surface area contributed by atoms with Crippen LogP contribution in [0.15, 0.2) is 42.5 Å². The quantitative estimate of drug-likeness (QED) is 0.616. The summed E-state index contributed by atoms with van der Waals surface area (Å²) >= 11 is 1.54. The molecule has 1 aliphatic heterocycles. The molecular formula is C20H23NO6S. The zero-order valence-electron chi connectivity index (χ0n) is 15.7. The van der Waals surface area contributed by atoms with E-state index in [4.69, 9.17) is 18.9 Å². The summed E-state index contributed by atoms with van der Waals surface area (Å²) in [6, 6.07) is 12.3. The first-order chi connectivity index (χ1) is 13.6. The van der Waals surface area contributed by atoms with Crippen LogP contribution in [0, 0.1) is 0 Å². The molecule has 0 aromatic heterocycles. The van der Waals surface area contributed by atoms with Gasteiger partial charge in [-0.3, -0.25) is 10.1 Å². The number of rotatable bonds is 9. The maximum atomic E-state index is 11.2. The highest BCUT2D eigenvalue weighted by atomic mass is 32.2. The van der Waals surface area contributed by atoms with Gasteiger partial charge in [0.2, 0.25) is 0 Å². The molecule has 3 rings (SSSR count). The van der Waals surface area contributed by atoms with Crippen LogP contribution in [0.1, 0.15) is 10.9 Å². The number of benzene rings is 2. The molecule has 2 unspecified atom stereocenters. The van der Waals surface area contributed by atoms with Gasteiger partial charge in [0.15, 0.2) is 0 Å². The Morgan fingerprint density at radius 2 is 1.79 bits per heavy atom. The molecule has 0 spiro atoms. The Bertz CT molecular complexity index is 815. The van der Waals surface area contributed by atoms with Gasteiger partial charge in [-0.15, -0.1) is 11.8 Å². The van der Waals surface area contributed by atoms with Gasteiger partial charge in [-0.05, 0) is 24.3 Å². The summed E-state index contributed by atoms with van der Waals surface area (Å²) in [6.45, 7) is 0.684. The fraction of sp³-hybridized carbons (Fsp3) is 0.350. The molecule has 28 heavy (non-hydrogen) atoms. The molecular weight excluding hydrogens is 382 g/mol. The first-order valence-electron chi connectivity index (χ1n) is 8.78. The molecule has 0 saturated carbocycles. The summed E-state index contributed by atoms with van der Waals surface area (Å²) < 4.78 is 22.1. The number of hydrogen-bond acceptors (Lipinski definition) is 7. The number of nitrogens with one attached hydrogen (secondary N) is 1. The largest absolute Gasteiger partial charge is 0.497 e. The van der Waals surface area contributed by atoms with Gasteiger partial charge >= 0.3 is 5.97 Å². The van der Waals surface area contributed by atoms with Crippen molar-refractivity contribution in [1.82, 2.24) is 5.32 Å². The lowest BCUT2D eigenvalue weighted by Crippen LogP contribution is -2.33. The number of ether oxygens (including phenoxy) is 4. The summed E-state index contributed by atoms with van der Waals surface area (Å²) in [7, 11) is 3.20. The van der Waals surface area contributed by atoms with E-state index in [9.17, 15) is 9.90 Å². The number of thioether (sulfide) groups is 1. The predicted molar refractivity (Wildman–Crippen MR) is 107 cm³/mol. The molecule has 0 amide bonds. The molecule has 1 saturated heterocycles. The van der Waals surface area contributed by atoms with E-state index in [0.29, 0.717) is 36.2 Å². The van der Waals surface area contributed by atoms with Crippen molar-refractivity contribution in [2.24, 2.45) is 0 Å². The fourth-order valence-electron chi connectivity index (χ4n) is 2.78. The van der Waals surface area contributed by atoms with E-state index in [2.05, 4.69) is 5.32 Å². The first-order valence-corrected chi connectivity index (χ1v) is 9.83. The van der Waals surface area contributed by atoms with Crippen LogP contribution in [0.4, 0.5) is 0 Å². The Morgan fingerprint density at radius 3 is 2.50 bits per heavy atom. The lowest BCUT2D eigenvalue weighted by molar-refractivity contribution is -0.138. The molecule has 7 nitrogen and oxygen atoms in total. The highest BCUT2D eigenvalue weighted by Crippen LogP contribution is 2.39. The zero-order chi connectivity index (χ0) is 19.9. The van der Waals surface area contributed by atoms with Crippen LogP contribution < -0.4 is 24.3 Å². The van der Waals surface area contributed by atoms with Gasteiger partial charge in [0.25, 0.3) is 0 Å². The normalized spacial score (nSPS) is 18.5. The summed E-state index contributed by atoms with van der Waals surface area (Å²) in [6.07, 6.45) is 0. The molecule has 2 aromatic carbocycles. The maximum Gasteiger partial charge on any atom is 0.321 e. The molecule has 150 valence electrons. The van der Waals surface area contributed by atoms with Gasteiger partial charge in [0.1, 0.15) is 42.3 Å². The highest BCUT2D eigenvalue weighted by molar-refractivity contribution is 7.99. The molecule has 2 aromatic rings. The minimum Gasteiger partial charge on any atom is -0.497 e. The predicted octanol–water partition coefficient (Wildman–Crippen LogP) is 2.95. The summed E-state index contributed by atoms with van der Waals surface area (Å²) in [5.41, 5.74) is 0.885. The van der Waals surface area contributed by atoms with Crippen molar-refractivity contribution in [3.05, 3.63) is 48.0 Å². The van der Waals surface area contributed by atoms with Gasteiger partial charge < -0.3 is 24.1 Å². The van der Waals surface area contributed by atoms with Crippen LogP contribution in [-0.4, -0.2) is 50.3 Å². The van der Waals surface area contributed by atoms with Gasteiger partial charge in [-0.2, -0.15) is 0 Å². The second-order valence-corrected chi connectivity index (χ2v) is 7.19. The highest BCUT2D eigenvalue weighted by Gasteiger charge is 2.32. The Kier molecular flexibility index (Phi) is 6.89. The summed E-state index contributed by atoms with van der Waals surface area (Å²) in [5.74, 6) is 2.40. The third kappa shape index (κ3) is 5.02. The Morgan fingerprint density at radius 1 is 1.07 bits per heavy atom. The molecule has 1 fully saturated rings. The molecule has 0 aliphatic carbocycles. The van der Waals surface area contributed by atoms with Crippen LogP contribution >= 0.6 is 11.8 Å². The van der Waals surface area contributed by atoms with E-state index in [1.165, 1.54) is 0 Å². The van der Waals surface area contributed by atoms with E-state index in [1.807, 2.05) is 36.4 Å². The minimum atomic E-state index is -0.849. The van der Waals surface area contributed by atoms with Crippen molar-refractivity contribution in [3.63, 3.8) is 0 Å². The van der Waals surface area contributed by atoms with E-state index < -0.39 is 12.0 Å². The smallest absolute Gasteiger partial charge is 0.321 e. The Hall–Kier alpha value is -2.58. The number of carboxylic acids is 1. The summed E-state index contributed by atoms with van der Waals surface area (Å²) in [4.78, 5) is 11.2. The average molecular weight is 405 g/mol. The SMILES string of the molecule is COc1cccc(OCCOc2cc(OC)ccc2C2NC(C(=O)O)CS2)c1. The maximum absolute atomic E-state index is 11.2. The third-order valence-electron chi connectivity index (χ3n) is 4.23. The van der Waals surface area contributed by atoms with Crippen molar-refractivity contribution < 1.29 is 28.8 Å². The molecule has 1 aliphatic rings. The Labute approximate surface area is 167 Å². The Balaban J connectivity index is 1.62. The number of carboxylic acid groups (broad SMARTS) is 1. The van der Waals surface area contributed by atoms with Crippen LogP contribution in [0.5, 0.6) is 23.0 Å². The van der Waals surface area contributed by atoms with E-state index in [1.54, 1.807) is 32.0 Å². The molecule has 8 heteroatoms. The lowest BCUT2D eigenvalue weighted by atomic mass is 10.1.